The fourth-order valence-electron chi connectivity index (χ4n) is 1.39. The molecular weight excluding hydrogens is 196 g/mol. The quantitative estimate of drug-likeness (QED) is 0.555. The van der Waals surface area contributed by atoms with Crippen LogP contribution in [-0.2, 0) is 0 Å². The Bertz CT molecular complexity index is 525. The van der Waals surface area contributed by atoms with Crippen LogP contribution in [0.2, 0.25) is 0 Å². The smallest absolute Gasteiger partial charge is 0.288 e. The molecule has 15 heavy (non-hydrogen) atoms. The summed E-state index contributed by atoms with van der Waals surface area (Å²) in [5.74, 6) is 0.587. The lowest BCUT2D eigenvalue weighted by Gasteiger charge is -2.03. The largest absolute Gasteiger partial charge is 0.496 e. The zero-order valence-electron chi connectivity index (χ0n) is 8.01. The third-order valence-corrected chi connectivity index (χ3v) is 2.10. The van der Waals surface area contributed by atoms with Crippen LogP contribution in [0.3, 0.4) is 0 Å². The van der Waals surface area contributed by atoms with Gasteiger partial charge in [-0.3, -0.25) is 10.1 Å². The zero-order valence-corrected chi connectivity index (χ0v) is 8.01. The van der Waals surface area contributed by atoms with Crippen molar-refractivity contribution in [2.24, 2.45) is 0 Å². The van der Waals surface area contributed by atoms with Crippen molar-refractivity contribution in [3.05, 3.63) is 40.6 Å². The van der Waals surface area contributed by atoms with Gasteiger partial charge in [0.25, 0.3) is 5.69 Å². The topological polar surface area (TPSA) is 65.3 Å². The second-order valence-corrected chi connectivity index (χ2v) is 2.98. The molecule has 0 aliphatic rings. The second kappa shape index (κ2) is 3.53. The predicted octanol–water partition coefficient (Wildman–Crippen LogP) is 2.15. The number of pyridine rings is 1. The van der Waals surface area contributed by atoms with E-state index >= 15 is 0 Å². The summed E-state index contributed by atoms with van der Waals surface area (Å²) in [7, 11) is 1.52. The van der Waals surface area contributed by atoms with E-state index in [1.807, 2.05) is 0 Å². The Labute approximate surface area is 85.5 Å². The highest BCUT2D eigenvalue weighted by Gasteiger charge is 2.09. The van der Waals surface area contributed by atoms with Gasteiger partial charge in [-0.15, -0.1) is 0 Å². The summed E-state index contributed by atoms with van der Waals surface area (Å²) in [5.41, 5.74) is 0.645. The highest BCUT2D eigenvalue weighted by atomic mass is 16.6. The first kappa shape index (κ1) is 9.39. The lowest BCUT2D eigenvalue weighted by molar-refractivity contribution is -0.385. The van der Waals surface area contributed by atoms with Crippen LogP contribution in [0.5, 0.6) is 5.75 Å². The van der Waals surface area contributed by atoms with E-state index in [1.54, 1.807) is 18.2 Å². The maximum Gasteiger partial charge on any atom is 0.288 e. The number of nitrogens with zero attached hydrogens (tertiary/aromatic N) is 2. The first-order chi connectivity index (χ1) is 7.22. The monoisotopic (exact) mass is 204 g/mol. The van der Waals surface area contributed by atoms with Crippen LogP contribution in [0, 0.1) is 10.1 Å². The lowest BCUT2D eigenvalue weighted by atomic mass is 10.2. The standard InChI is InChI=1S/C10H8N2O3/c1-15-10-4-2-3-9-8(10)5-7(6-11-9)12(13)14/h2-6H,1H3. The van der Waals surface area contributed by atoms with Gasteiger partial charge in [0.1, 0.15) is 11.9 Å². The summed E-state index contributed by atoms with van der Waals surface area (Å²) in [5, 5.41) is 11.2. The molecule has 1 aromatic heterocycles. The minimum Gasteiger partial charge on any atom is -0.496 e. The van der Waals surface area contributed by atoms with Crippen LogP contribution in [-0.4, -0.2) is 17.0 Å². The molecule has 0 atom stereocenters. The van der Waals surface area contributed by atoms with Crippen LogP contribution in [0.4, 0.5) is 5.69 Å². The van der Waals surface area contributed by atoms with Crippen molar-refractivity contribution in [3.8, 4) is 5.75 Å². The van der Waals surface area contributed by atoms with Crippen LogP contribution < -0.4 is 4.74 Å². The summed E-state index contributed by atoms with van der Waals surface area (Å²) < 4.78 is 5.10. The van der Waals surface area contributed by atoms with E-state index in [1.165, 1.54) is 19.4 Å². The van der Waals surface area contributed by atoms with Crippen molar-refractivity contribution < 1.29 is 9.66 Å². The van der Waals surface area contributed by atoms with Crippen molar-refractivity contribution in [1.29, 1.82) is 0 Å². The molecule has 0 saturated carbocycles. The summed E-state index contributed by atoms with van der Waals surface area (Å²) in [6.45, 7) is 0. The number of nitro groups is 1. The average molecular weight is 204 g/mol. The maximum absolute atomic E-state index is 10.6. The van der Waals surface area contributed by atoms with E-state index in [0.29, 0.717) is 16.7 Å². The summed E-state index contributed by atoms with van der Waals surface area (Å²) in [4.78, 5) is 14.1. The van der Waals surface area contributed by atoms with Gasteiger partial charge in [-0.05, 0) is 12.1 Å². The Hall–Kier alpha value is -2.17. The molecule has 76 valence electrons. The first-order valence-electron chi connectivity index (χ1n) is 4.29. The molecule has 0 aliphatic heterocycles. The Morgan fingerprint density at radius 1 is 1.47 bits per heavy atom. The molecule has 0 radical (unpaired) electrons. The van der Waals surface area contributed by atoms with E-state index in [-0.39, 0.29) is 5.69 Å². The molecule has 5 nitrogen and oxygen atoms in total. The van der Waals surface area contributed by atoms with Gasteiger partial charge in [0, 0.05) is 11.5 Å². The molecule has 5 heteroatoms. The van der Waals surface area contributed by atoms with Crippen molar-refractivity contribution in [2.45, 2.75) is 0 Å². The van der Waals surface area contributed by atoms with Crippen molar-refractivity contribution >= 4 is 16.6 Å². The Balaban J connectivity index is 2.72. The molecule has 2 rings (SSSR count). The minimum atomic E-state index is -0.473. The van der Waals surface area contributed by atoms with E-state index in [9.17, 15) is 10.1 Å². The van der Waals surface area contributed by atoms with Crippen molar-refractivity contribution in [1.82, 2.24) is 4.98 Å². The zero-order chi connectivity index (χ0) is 10.8. The Morgan fingerprint density at radius 2 is 2.27 bits per heavy atom. The molecule has 0 spiro atoms. The molecule has 2 aromatic rings. The van der Waals surface area contributed by atoms with E-state index in [4.69, 9.17) is 4.74 Å². The summed E-state index contributed by atoms with van der Waals surface area (Å²) >= 11 is 0. The molecule has 1 heterocycles. The van der Waals surface area contributed by atoms with Crippen LogP contribution in [0.15, 0.2) is 30.5 Å². The third-order valence-electron chi connectivity index (χ3n) is 2.10. The highest BCUT2D eigenvalue weighted by Crippen LogP contribution is 2.26. The molecule has 1 aromatic carbocycles. The molecule has 0 bridgehead atoms. The van der Waals surface area contributed by atoms with Gasteiger partial charge in [0.15, 0.2) is 0 Å². The van der Waals surface area contributed by atoms with Crippen LogP contribution in [0.25, 0.3) is 10.9 Å². The average Bonchev–Trinajstić information content (AvgIpc) is 2.27. The van der Waals surface area contributed by atoms with Crippen LogP contribution in [0.1, 0.15) is 0 Å². The third kappa shape index (κ3) is 1.59. The summed E-state index contributed by atoms with van der Waals surface area (Å²) in [6, 6.07) is 6.77. The Kier molecular flexibility index (Phi) is 2.21. The van der Waals surface area contributed by atoms with E-state index in [2.05, 4.69) is 4.98 Å². The van der Waals surface area contributed by atoms with Crippen LogP contribution >= 0.6 is 0 Å². The fourth-order valence-corrected chi connectivity index (χ4v) is 1.39. The molecule has 0 saturated heterocycles. The number of ether oxygens (including phenoxy) is 1. The number of benzene rings is 1. The van der Waals surface area contributed by atoms with Crippen molar-refractivity contribution in [2.75, 3.05) is 7.11 Å². The minimum absolute atomic E-state index is 0.0352. The number of methoxy groups -OCH3 is 1. The number of rotatable bonds is 2. The first-order valence-corrected chi connectivity index (χ1v) is 4.29. The fraction of sp³-hybridized carbons (Fsp3) is 0.100. The molecule has 0 N–H and O–H groups in total. The van der Waals surface area contributed by atoms with Gasteiger partial charge in [-0.25, -0.2) is 4.98 Å². The van der Waals surface area contributed by atoms with E-state index in [0.717, 1.165) is 0 Å². The molecular formula is C10H8N2O3. The summed E-state index contributed by atoms with van der Waals surface area (Å²) in [6.07, 6.45) is 1.24. The maximum atomic E-state index is 10.6. The van der Waals surface area contributed by atoms with Gasteiger partial charge >= 0.3 is 0 Å². The molecule has 0 unspecified atom stereocenters. The number of aromatic nitrogens is 1. The molecule has 0 amide bonds. The SMILES string of the molecule is COc1cccc2ncc([N+](=O)[O-])cc12. The molecule has 0 fully saturated rings. The lowest BCUT2D eigenvalue weighted by Crippen LogP contribution is -1.91. The van der Waals surface area contributed by atoms with Gasteiger partial charge in [0.2, 0.25) is 0 Å². The number of hydrogen-bond donors (Lipinski definition) is 0. The van der Waals surface area contributed by atoms with Gasteiger partial charge in [-0.2, -0.15) is 0 Å². The number of fused-ring (bicyclic) bond motifs is 1. The van der Waals surface area contributed by atoms with E-state index < -0.39 is 4.92 Å². The van der Waals surface area contributed by atoms with Gasteiger partial charge in [0.05, 0.1) is 17.5 Å². The number of hydrogen-bond acceptors (Lipinski definition) is 4. The predicted molar refractivity (Wildman–Crippen MR) is 54.9 cm³/mol. The van der Waals surface area contributed by atoms with Gasteiger partial charge < -0.3 is 4.74 Å². The Morgan fingerprint density at radius 3 is 2.93 bits per heavy atom. The highest BCUT2D eigenvalue weighted by molar-refractivity contribution is 5.86. The normalized spacial score (nSPS) is 10.2. The molecule has 0 aliphatic carbocycles. The van der Waals surface area contributed by atoms with Gasteiger partial charge in [-0.1, -0.05) is 6.07 Å². The van der Waals surface area contributed by atoms with Crippen molar-refractivity contribution in [3.63, 3.8) is 0 Å². The second-order valence-electron chi connectivity index (χ2n) is 2.98.